The molecule has 0 saturated carbocycles. The van der Waals surface area contributed by atoms with E-state index < -0.39 is 38.6 Å². The first-order valence-corrected chi connectivity index (χ1v) is 24.4. The zero-order valence-electron chi connectivity index (χ0n) is 20.6. The molecule has 3 aromatic rings. The topological polar surface area (TPSA) is 76.0 Å². The summed E-state index contributed by atoms with van der Waals surface area (Å²) >= 11 is 6.66. The van der Waals surface area contributed by atoms with E-state index in [0.717, 1.165) is 45.5 Å². The summed E-state index contributed by atoms with van der Waals surface area (Å²) in [5.41, 5.74) is 3.13. The van der Waals surface area contributed by atoms with Gasteiger partial charge in [-0.05, 0) is 0 Å². The molecule has 0 aliphatic carbocycles. The summed E-state index contributed by atoms with van der Waals surface area (Å²) in [6, 6.07) is 14.0. The van der Waals surface area contributed by atoms with Gasteiger partial charge in [0.05, 0.1) is 0 Å². The molecule has 4 aliphatic heterocycles. The fraction of sp³-hybridized carbons (Fsp3) is 0.321. The number of hydrogen-bond donors (Lipinski definition) is 6. The van der Waals surface area contributed by atoms with Crippen LogP contribution in [0.15, 0.2) is 48.5 Å². The summed E-state index contributed by atoms with van der Waals surface area (Å²) in [6.07, 6.45) is 1.89. The first kappa shape index (κ1) is 26.9. The average Bonchev–Trinajstić information content (AvgIpc) is 3.51. The van der Waals surface area contributed by atoms with Crippen molar-refractivity contribution < 1.29 is 24.5 Å². The van der Waals surface area contributed by atoms with Gasteiger partial charge in [-0.2, -0.15) is 0 Å². The van der Waals surface area contributed by atoms with Crippen molar-refractivity contribution in [1.29, 1.82) is 0 Å². The van der Waals surface area contributed by atoms with Gasteiger partial charge in [0.15, 0.2) is 0 Å². The predicted octanol–water partition coefficient (Wildman–Crippen LogP) is 6.16. The Balaban J connectivity index is 1.63. The number of aromatic hydroxyl groups is 2. The number of fused-ring (bicyclic) bond motifs is 6. The van der Waals surface area contributed by atoms with Crippen molar-refractivity contribution >= 4 is 80.0 Å². The van der Waals surface area contributed by atoms with Crippen LogP contribution in [0.2, 0.25) is 10.4 Å². The zero-order chi connectivity index (χ0) is 27.2. The van der Waals surface area contributed by atoms with Crippen molar-refractivity contribution in [2.24, 2.45) is 0 Å². The van der Waals surface area contributed by atoms with Crippen LogP contribution in [0, 0.1) is 0 Å². The molecule has 4 heterocycles. The molecular weight excluding hydrogens is 694 g/mol. The summed E-state index contributed by atoms with van der Waals surface area (Å²) in [6.45, 7) is 0. The molecule has 0 radical (unpaired) electrons. The van der Waals surface area contributed by atoms with Gasteiger partial charge in [0.2, 0.25) is 0 Å². The number of carbonyl (C=O) groups is 1. The molecule has 7 atom stereocenters. The van der Waals surface area contributed by atoms with E-state index in [9.17, 15) is 15.0 Å². The number of rotatable bonds is 2. The van der Waals surface area contributed by atoms with E-state index in [-0.39, 0.29) is 31.4 Å². The number of benzene rings is 3. The van der Waals surface area contributed by atoms with Crippen molar-refractivity contribution in [1.82, 2.24) is 0 Å². The number of hydrogen-bond acceptors (Lipinski definition) is 9. The molecule has 2 fully saturated rings. The minimum absolute atomic E-state index is 0.0162. The van der Waals surface area contributed by atoms with Crippen LogP contribution in [0.3, 0.4) is 0 Å². The average molecular weight is 721 g/mol. The van der Waals surface area contributed by atoms with Gasteiger partial charge in [0.1, 0.15) is 0 Å². The fourth-order valence-corrected chi connectivity index (χ4v) is 23.1. The van der Waals surface area contributed by atoms with Gasteiger partial charge < -0.3 is 0 Å². The Morgan fingerprint density at radius 2 is 1.51 bits per heavy atom. The van der Waals surface area contributed by atoms with Gasteiger partial charge in [-0.1, -0.05) is 0 Å². The molecule has 2 saturated heterocycles. The third-order valence-electron chi connectivity index (χ3n) is 8.31. The summed E-state index contributed by atoms with van der Waals surface area (Å²) in [5, 5.41) is 24.3. The van der Waals surface area contributed by atoms with E-state index in [1.807, 2.05) is 18.2 Å². The van der Waals surface area contributed by atoms with Gasteiger partial charge in [-0.15, -0.1) is 0 Å². The first-order valence-electron chi connectivity index (χ1n) is 12.7. The Morgan fingerprint density at radius 3 is 2.18 bits per heavy atom. The van der Waals surface area contributed by atoms with E-state index >= 15 is 0 Å². The number of phenols is 2. The van der Waals surface area contributed by atoms with E-state index in [0.29, 0.717) is 22.6 Å². The van der Waals surface area contributed by atoms with E-state index in [2.05, 4.69) is 0 Å². The third kappa shape index (κ3) is 3.90. The Kier molecular flexibility index (Phi) is 6.77. The number of phenolic OH excluding ortho intramolecular Hbond substituents is 2. The molecule has 39 heavy (non-hydrogen) atoms. The second kappa shape index (κ2) is 9.81. The second-order valence-corrected chi connectivity index (χ2v) is 25.0. The Labute approximate surface area is 256 Å². The second-order valence-electron chi connectivity index (χ2n) is 10.4. The summed E-state index contributed by atoms with van der Waals surface area (Å²) in [5.74, 6) is 0.580. The molecular formula is C28H26As2O5S4. The van der Waals surface area contributed by atoms with Crippen LogP contribution in [0.5, 0.6) is 23.0 Å². The van der Waals surface area contributed by atoms with Gasteiger partial charge in [0, 0.05) is 0 Å². The molecule has 11 heteroatoms. The van der Waals surface area contributed by atoms with Crippen LogP contribution in [0.25, 0.3) is 0 Å². The molecule has 0 aromatic heterocycles. The van der Waals surface area contributed by atoms with Gasteiger partial charge in [0.25, 0.3) is 0 Å². The summed E-state index contributed by atoms with van der Waals surface area (Å²) in [7, 11) is 10.3. The van der Waals surface area contributed by atoms with Crippen LogP contribution in [0.1, 0.15) is 60.4 Å². The molecule has 2 N–H and O–H groups in total. The zero-order valence-corrected chi connectivity index (χ0v) is 27.9. The van der Waals surface area contributed by atoms with Crippen LogP contribution in [-0.4, -0.2) is 53.7 Å². The normalized spacial score (nSPS) is 32.5. The van der Waals surface area contributed by atoms with E-state index in [4.69, 9.17) is 56.5 Å². The van der Waals surface area contributed by atoms with Gasteiger partial charge in [-0.25, -0.2) is 0 Å². The third-order valence-corrected chi connectivity index (χ3v) is 23.4. The molecule has 3 aromatic carbocycles. The van der Waals surface area contributed by atoms with Gasteiger partial charge >= 0.3 is 258 Å². The van der Waals surface area contributed by atoms with Crippen LogP contribution < -0.4 is 4.74 Å². The predicted molar refractivity (Wildman–Crippen MR) is 167 cm³/mol. The maximum atomic E-state index is 13.5. The molecule has 5 nitrogen and oxygen atoms in total. The summed E-state index contributed by atoms with van der Waals surface area (Å²) in [4.78, 5) is 13.5. The minimum atomic E-state index is -1.73. The Hall–Kier alpha value is -0.953. The quantitative estimate of drug-likeness (QED) is 0.109. The maximum absolute atomic E-state index is 13.5. The Morgan fingerprint density at radius 1 is 0.846 bits per heavy atom. The molecule has 7 unspecified atom stereocenters. The molecule has 202 valence electrons. The molecule has 0 amide bonds. The number of ether oxygens (including phenoxy) is 2. The van der Waals surface area contributed by atoms with E-state index in [1.54, 1.807) is 24.3 Å². The van der Waals surface area contributed by atoms with Crippen molar-refractivity contribution in [2.75, 3.05) is 0 Å². The van der Waals surface area contributed by atoms with Crippen molar-refractivity contribution in [3.63, 3.8) is 0 Å². The number of carbonyl (C=O) groups excluding carboxylic acids is 1. The Bertz CT molecular complexity index is 1520. The van der Waals surface area contributed by atoms with Crippen molar-refractivity contribution in [3.8, 4) is 23.0 Å². The van der Waals surface area contributed by atoms with Crippen LogP contribution in [-0.2, 0) is 10.3 Å². The molecule has 0 bridgehead atoms. The number of thiol groups is 4. The van der Waals surface area contributed by atoms with E-state index in [1.165, 1.54) is 6.07 Å². The molecule has 7 rings (SSSR count). The SMILES string of the molecule is O=C1OC2(c3ccc(O)cc3Oc3cc(O)c(C4C(S)CC[As]4S)c(C4C(S)CC[As]4S)c32)c2ccccc21. The molecule has 4 aliphatic rings. The van der Waals surface area contributed by atoms with Crippen molar-refractivity contribution in [3.05, 3.63) is 81.9 Å². The summed E-state index contributed by atoms with van der Waals surface area (Å²) < 4.78 is 13.0. The number of esters is 1. The fourth-order valence-electron chi connectivity index (χ4n) is 6.69. The standard InChI is InChI=1S/C28H26As2O5S4/c31-13-5-6-16-18(11-13)34-19-12-17(32)22(25-20(36)7-9-29(25)38)23(26-21(37)8-10-30(26)39)24(19)28(16)15-4-2-1-3-14(15)27(33)35-28/h1-6,11-12,20-21,25-26,31-32,36-39H,7-10H2. The van der Waals surface area contributed by atoms with Crippen LogP contribution >= 0.6 is 47.0 Å². The molecule has 1 spiro atoms. The van der Waals surface area contributed by atoms with Crippen LogP contribution in [0.4, 0.5) is 0 Å². The first-order chi connectivity index (χ1) is 18.7. The monoisotopic (exact) mass is 720 g/mol. The van der Waals surface area contributed by atoms with Gasteiger partial charge in [-0.3, -0.25) is 0 Å². The van der Waals surface area contributed by atoms with Crippen molar-refractivity contribution in [2.45, 2.75) is 48.8 Å².